The molecule has 0 aliphatic carbocycles. The molecule has 0 bridgehead atoms. The predicted octanol–water partition coefficient (Wildman–Crippen LogP) is 3.05. The predicted molar refractivity (Wildman–Crippen MR) is 102 cm³/mol. The van der Waals surface area contributed by atoms with Crippen molar-refractivity contribution in [3.63, 3.8) is 0 Å². The fraction of sp³-hybridized carbons (Fsp3) is 0.235. The minimum atomic E-state index is -3.47. The standard InChI is InChI=1S/C17H18Cl2N2O4S/c1-21(2)26(23,24)14-6-4-13(5-7-14)25-10-9-20-17(22)15-8-3-12(18)11-16(15)19/h3-8,11H,9-10H2,1-2H3,(H,20,22). The highest BCUT2D eigenvalue weighted by atomic mass is 35.5. The normalized spacial score (nSPS) is 11.4. The lowest BCUT2D eigenvalue weighted by atomic mass is 10.2. The Labute approximate surface area is 162 Å². The summed E-state index contributed by atoms with van der Waals surface area (Å²) in [6.07, 6.45) is 0. The highest BCUT2D eigenvalue weighted by Crippen LogP contribution is 2.21. The number of ether oxygens (including phenoxy) is 1. The third-order valence-electron chi connectivity index (χ3n) is 3.43. The average molecular weight is 417 g/mol. The second kappa shape index (κ2) is 8.73. The van der Waals surface area contributed by atoms with Gasteiger partial charge in [-0.2, -0.15) is 0 Å². The first-order chi connectivity index (χ1) is 12.2. The van der Waals surface area contributed by atoms with Gasteiger partial charge in [0.15, 0.2) is 0 Å². The van der Waals surface area contributed by atoms with Gasteiger partial charge in [0.05, 0.1) is 22.0 Å². The van der Waals surface area contributed by atoms with Gasteiger partial charge in [0.25, 0.3) is 5.91 Å². The fourth-order valence-electron chi connectivity index (χ4n) is 2.02. The molecular weight excluding hydrogens is 399 g/mol. The molecule has 1 N–H and O–H groups in total. The topological polar surface area (TPSA) is 75.7 Å². The number of benzene rings is 2. The molecule has 0 spiro atoms. The van der Waals surface area contributed by atoms with Crippen LogP contribution in [-0.2, 0) is 10.0 Å². The van der Waals surface area contributed by atoms with E-state index in [9.17, 15) is 13.2 Å². The maximum atomic E-state index is 12.0. The van der Waals surface area contributed by atoms with Crippen LogP contribution < -0.4 is 10.1 Å². The number of sulfonamides is 1. The maximum Gasteiger partial charge on any atom is 0.252 e. The molecule has 9 heteroatoms. The van der Waals surface area contributed by atoms with Crippen molar-refractivity contribution in [1.29, 1.82) is 0 Å². The van der Waals surface area contributed by atoms with Crippen molar-refractivity contribution < 1.29 is 17.9 Å². The van der Waals surface area contributed by atoms with Gasteiger partial charge in [-0.3, -0.25) is 4.79 Å². The minimum absolute atomic E-state index is 0.181. The van der Waals surface area contributed by atoms with E-state index in [2.05, 4.69) is 5.32 Å². The molecule has 0 saturated heterocycles. The molecule has 0 heterocycles. The minimum Gasteiger partial charge on any atom is -0.492 e. The third kappa shape index (κ3) is 5.11. The van der Waals surface area contributed by atoms with Crippen LogP contribution in [0.1, 0.15) is 10.4 Å². The van der Waals surface area contributed by atoms with Crippen molar-refractivity contribution >= 4 is 39.1 Å². The molecule has 0 fully saturated rings. The van der Waals surface area contributed by atoms with Crippen LogP contribution in [0.3, 0.4) is 0 Å². The van der Waals surface area contributed by atoms with Crippen LogP contribution >= 0.6 is 23.2 Å². The zero-order chi connectivity index (χ0) is 19.3. The van der Waals surface area contributed by atoms with Crippen LogP contribution in [0.25, 0.3) is 0 Å². The van der Waals surface area contributed by atoms with E-state index in [1.54, 1.807) is 24.3 Å². The lowest BCUT2D eigenvalue weighted by molar-refractivity contribution is 0.0947. The highest BCUT2D eigenvalue weighted by Gasteiger charge is 2.16. The van der Waals surface area contributed by atoms with Crippen molar-refractivity contribution in [2.75, 3.05) is 27.2 Å². The summed E-state index contributed by atoms with van der Waals surface area (Å²) in [5.74, 6) is 0.171. The van der Waals surface area contributed by atoms with Gasteiger partial charge >= 0.3 is 0 Å². The van der Waals surface area contributed by atoms with E-state index in [-0.39, 0.29) is 29.0 Å². The van der Waals surface area contributed by atoms with Crippen LogP contribution in [0, 0.1) is 0 Å². The molecule has 1 amide bonds. The Balaban J connectivity index is 1.85. The summed E-state index contributed by atoms with van der Waals surface area (Å²) >= 11 is 11.8. The number of hydrogen-bond donors (Lipinski definition) is 1. The smallest absolute Gasteiger partial charge is 0.252 e. The molecule has 6 nitrogen and oxygen atoms in total. The van der Waals surface area contributed by atoms with Gasteiger partial charge in [-0.1, -0.05) is 23.2 Å². The SMILES string of the molecule is CN(C)S(=O)(=O)c1ccc(OCCNC(=O)c2ccc(Cl)cc2Cl)cc1. The summed E-state index contributed by atoms with van der Waals surface area (Å²) in [4.78, 5) is 12.2. The van der Waals surface area contributed by atoms with E-state index in [4.69, 9.17) is 27.9 Å². The zero-order valence-electron chi connectivity index (χ0n) is 14.2. The van der Waals surface area contributed by atoms with E-state index in [0.717, 1.165) is 4.31 Å². The summed E-state index contributed by atoms with van der Waals surface area (Å²) in [5, 5.41) is 3.41. The lowest BCUT2D eigenvalue weighted by Crippen LogP contribution is -2.28. The first-order valence-corrected chi connectivity index (χ1v) is 9.80. The molecule has 140 valence electrons. The Bertz CT molecular complexity index is 884. The molecule has 2 rings (SSSR count). The number of nitrogens with one attached hydrogen (secondary N) is 1. The summed E-state index contributed by atoms with van der Waals surface area (Å²) in [6, 6.07) is 10.7. The van der Waals surface area contributed by atoms with E-state index >= 15 is 0 Å². The molecule has 0 unspecified atom stereocenters. The van der Waals surface area contributed by atoms with E-state index < -0.39 is 10.0 Å². The Morgan fingerprint density at radius 3 is 2.35 bits per heavy atom. The molecule has 2 aromatic rings. The molecule has 0 aliphatic rings. The van der Waals surface area contributed by atoms with Gasteiger partial charge in [0.1, 0.15) is 12.4 Å². The first kappa shape index (κ1) is 20.5. The first-order valence-electron chi connectivity index (χ1n) is 7.60. The second-order valence-electron chi connectivity index (χ2n) is 5.49. The van der Waals surface area contributed by atoms with E-state index in [1.807, 2.05) is 0 Å². The monoisotopic (exact) mass is 416 g/mol. The molecule has 0 radical (unpaired) electrons. The second-order valence-corrected chi connectivity index (χ2v) is 8.48. The van der Waals surface area contributed by atoms with Crippen LogP contribution in [0.15, 0.2) is 47.4 Å². The van der Waals surface area contributed by atoms with E-state index in [0.29, 0.717) is 16.3 Å². The number of carbonyl (C=O) groups is 1. The van der Waals surface area contributed by atoms with Crippen molar-refractivity contribution in [3.8, 4) is 5.75 Å². The van der Waals surface area contributed by atoms with Gasteiger partial charge in [-0.15, -0.1) is 0 Å². The molecule has 26 heavy (non-hydrogen) atoms. The van der Waals surface area contributed by atoms with Gasteiger partial charge in [0.2, 0.25) is 10.0 Å². The van der Waals surface area contributed by atoms with Crippen LogP contribution in [0.4, 0.5) is 0 Å². The number of halogens is 2. The number of hydrogen-bond acceptors (Lipinski definition) is 4. The molecule has 0 saturated carbocycles. The van der Waals surface area contributed by atoms with Gasteiger partial charge in [-0.25, -0.2) is 12.7 Å². The number of rotatable bonds is 7. The molecule has 2 aromatic carbocycles. The van der Waals surface area contributed by atoms with Crippen LogP contribution in [-0.4, -0.2) is 45.9 Å². The van der Waals surface area contributed by atoms with Crippen LogP contribution in [0.5, 0.6) is 5.75 Å². The Kier molecular flexibility index (Phi) is 6.88. The molecule has 0 aliphatic heterocycles. The average Bonchev–Trinajstić information content (AvgIpc) is 2.58. The van der Waals surface area contributed by atoms with Crippen molar-refractivity contribution in [2.45, 2.75) is 4.90 Å². The third-order valence-corrected chi connectivity index (χ3v) is 5.81. The van der Waals surface area contributed by atoms with Gasteiger partial charge < -0.3 is 10.1 Å². The van der Waals surface area contributed by atoms with E-state index in [1.165, 1.54) is 32.3 Å². The molecule has 0 atom stereocenters. The summed E-state index contributed by atoms with van der Waals surface area (Å²) < 4.78 is 30.6. The Morgan fingerprint density at radius 1 is 1.12 bits per heavy atom. The maximum absolute atomic E-state index is 12.0. The molecule has 0 aromatic heterocycles. The molecular formula is C17H18Cl2N2O4S. The van der Waals surface area contributed by atoms with Crippen LogP contribution in [0.2, 0.25) is 10.0 Å². The Hall–Kier alpha value is -1.80. The van der Waals surface area contributed by atoms with Crippen molar-refractivity contribution in [2.24, 2.45) is 0 Å². The van der Waals surface area contributed by atoms with Crippen molar-refractivity contribution in [1.82, 2.24) is 9.62 Å². The summed E-state index contributed by atoms with van der Waals surface area (Å²) in [6.45, 7) is 0.478. The van der Waals surface area contributed by atoms with Gasteiger partial charge in [0, 0.05) is 19.1 Å². The number of nitrogens with zero attached hydrogens (tertiary/aromatic N) is 1. The lowest BCUT2D eigenvalue weighted by Gasteiger charge is -2.12. The fourth-order valence-corrected chi connectivity index (χ4v) is 3.42. The largest absolute Gasteiger partial charge is 0.492 e. The highest BCUT2D eigenvalue weighted by molar-refractivity contribution is 7.89. The van der Waals surface area contributed by atoms with Gasteiger partial charge in [-0.05, 0) is 42.5 Å². The number of carbonyl (C=O) groups excluding carboxylic acids is 1. The van der Waals surface area contributed by atoms with Crippen molar-refractivity contribution in [3.05, 3.63) is 58.1 Å². The number of amides is 1. The Morgan fingerprint density at radius 2 is 1.77 bits per heavy atom. The summed E-state index contributed by atoms with van der Waals surface area (Å²) in [5.41, 5.74) is 0.328. The quantitative estimate of drug-likeness (QED) is 0.703. The zero-order valence-corrected chi connectivity index (χ0v) is 16.5. The summed E-state index contributed by atoms with van der Waals surface area (Å²) in [7, 11) is -0.534.